The minimum atomic E-state index is -4.09. The number of fused-ring (bicyclic) bond motifs is 1. The number of β-amino-alcohol motifs (C(OH)–C–C–N with tert-alkyl or cyclic N) is 1. The molecule has 4 rings (SSSR count). The SMILES string of the molecule is O=C1C(=C2Oc3ccc(Cl)cc3N2CCCCS(=O)(=O)O)N(CCO)C(=S)N1c1ccccn1. The average Bonchev–Trinajstić information content (AvgIpc) is 3.25. The molecule has 0 aliphatic carbocycles. The van der Waals surface area contributed by atoms with Crippen LogP contribution in [0.25, 0.3) is 0 Å². The molecule has 3 heterocycles. The second kappa shape index (κ2) is 9.84. The maximum Gasteiger partial charge on any atom is 0.288 e. The van der Waals surface area contributed by atoms with Gasteiger partial charge in [-0.15, -0.1) is 0 Å². The molecule has 0 unspecified atom stereocenters. The highest BCUT2D eigenvalue weighted by Gasteiger charge is 2.45. The van der Waals surface area contributed by atoms with Gasteiger partial charge in [0.2, 0.25) is 5.88 Å². The number of ether oxygens (including phenoxy) is 1. The summed E-state index contributed by atoms with van der Waals surface area (Å²) >= 11 is 11.7. The fraction of sp³-hybridized carbons (Fsp3) is 0.286. The van der Waals surface area contributed by atoms with E-state index in [0.29, 0.717) is 28.7 Å². The molecule has 0 bridgehead atoms. The van der Waals surface area contributed by atoms with Crippen LogP contribution in [0, 0.1) is 0 Å². The van der Waals surface area contributed by atoms with Gasteiger partial charge in [-0.2, -0.15) is 8.42 Å². The van der Waals surface area contributed by atoms with Crippen molar-refractivity contribution < 1.29 is 27.6 Å². The Labute approximate surface area is 206 Å². The number of thiocarbonyl (C=S) groups is 1. The van der Waals surface area contributed by atoms with Crippen LogP contribution in [-0.4, -0.2) is 64.4 Å². The van der Waals surface area contributed by atoms with Crippen molar-refractivity contribution >= 4 is 56.5 Å². The number of hydrogen-bond acceptors (Lipinski definition) is 8. The quantitative estimate of drug-likeness (QED) is 0.230. The van der Waals surface area contributed by atoms with Crippen LogP contribution >= 0.6 is 23.8 Å². The van der Waals surface area contributed by atoms with Gasteiger partial charge in [-0.05, 0) is 55.4 Å². The highest BCUT2D eigenvalue weighted by Crippen LogP contribution is 2.43. The Kier molecular flexibility index (Phi) is 7.05. The monoisotopic (exact) mass is 524 g/mol. The largest absolute Gasteiger partial charge is 0.436 e. The second-order valence-electron chi connectivity index (χ2n) is 7.50. The standard InChI is InChI=1S/C21H21ClN4O6S2/c22-14-6-7-16-15(13-14)24(9-3-4-12-34(29,30)31)20(32-16)18-19(28)26(17-5-1-2-8-23-17)21(33)25(18)10-11-27/h1-2,5-8,13,27H,3-4,9-12H2,(H,29,30,31). The summed E-state index contributed by atoms with van der Waals surface area (Å²) in [7, 11) is -4.09. The molecular formula is C21H21ClN4O6S2. The number of nitrogens with zero attached hydrogens (tertiary/aromatic N) is 4. The Balaban J connectivity index is 1.75. The van der Waals surface area contributed by atoms with Crippen LogP contribution in [0.5, 0.6) is 5.75 Å². The molecular weight excluding hydrogens is 504 g/mol. The summed E-state index contributed by atoms with van der Waals surface area (Å²) in [6, 6.07) is 10.1. The number of rotatable bonds is 8. The molecule has 0 spiro atoms. The molecule has 13 heteroatoms. The lowest BCUT2D eigenvalue weighted by Gasteiger charge is -2.23. The van der Waals surface area contributed by atoms with Crippen molar-refractivity contribution in [2.24, 2.45) is 0 Å². The maximum atomic E-state index is 13.6. The molecule has 1 saturated heterocycles. The minimum Gasteiger partial charge on any atom is -0.436 e. The van der Waals surface area contributed by atoms with Crippen molar-refractivity contribution in [3.63, 3.8) is 0 Å². The van der Waals surface area contributed by atoms with E-state index in [1.54, 1.807) is 41.3 Å². The van der Waals surface area contributed by atoms with Crippen molar-refractivity contribution in [1.82, 2.24) is 9.88 Å². The van der Waals surface area contributed by atoms with Gasteiger partial charge in [0, 0.05) is 24.3 Å². The number of amides is 1. The summed E-state index contributed by atoms with van der Waals surface area (Å²) in [6.07, 6.45) is 2.10. The van der Waals surface area contributed by atoms with E-state index < -0.39 is 16.0 Å². The van der Waals surface area contributed by atoms with Gasteiger partial charge in [0.15, 0.2) is 16.6 Å². The van der Waals surface area contributed by atoms with Crippen LogP contribution < -0.4 is 14.5 Å². The Hall–Kier alpha value is -2.77. The lowest BCUT2D eigenvalue weighted by Crippen LogP contribution is -2.34. The molecule has 1 aromatic carbocycles. The van der Waals surface area contributed by atoms with Crippen LogP contribution in [-0.2, 0) is 14.9 Å². The van der Waals surface area contributed by atoms with Crippen LogP contribution in [0.3, 0.4) is 0 Å². The number of pyridine rings is 1. The minimum absolute atomic E-state index is 0.0454. The third-order valence-corrected chi connectivity index (χ3v) is 6.64. The number of unbranched alkanes of at least 4 members (excludes halogenated alkanes) is 1. The van der Waals surface area contributed by atoms with Gasteiger partial charge in [-0.1, -0.05) is 17.7 Å². The van der Waals surface area contributed by atoms with E-state index in [4.69, 9.17) is 33.1 Å². The lowest BCUT2D eigenvalue weighted by atomic mass is 10.2. The molecule has 0 saturated carbocycles. The van der Waals surface area contributed by atoms with Crippen molar-refractivity contribution in [2.75, 3.05) is 35.2 Å². The van der Waals surface area contributed by atoms with Gasteiger partial charge in [0.1, 0.15) is 5.82 Å². The van der Waals surface area contributed by atoms with E-state index in [1.807, 2.05) is 0 Å². The number of carbonyl (C=O) groups is 1. The van der Waals surface area contributed by atoms with Crippen LogP contribution in [0.15, 0.2) is 54.2 Å². The predicted molar refractivity (Wildman–Crippen MR) is 130 cm³/mol. The van der Waals surface area contributed by atoms with E-state index >= 15 is 0 Å². The third-order valence-electron chi connectivity index (χ3n) is 5.20. The number of aliphatic hydroxyl groups is 1. The Morgan fingerprint density at radius 3 is 2.59 bits per heavy atom. The van der Waals surface area contributed by atoms with Gasteiger partial charge < -0.3 is 19.6 Å². The highest BCUT2D eigenvalue weighted by atomic mass is 35.5. The molecule has 1 amide bonds. The first-order valence-electron chi connectivity index (χ1n) is 10.3. The van der Waals surface area contributed by atoms with Crippen LogP contribution in [0.4, 0.5) is 11.5 Å². The molecule has 0 atom stereocenters. The fourth-order valence-corrected chi connectivity index (χ4v) is 4.83. The number of hydrogen-bond donors (Lipinski definition) is 2. The van der Waals surface area contributed by atoms with Crippen molar-refractivity contribution in [3.05, 3.63) is 59.2 Å². The molecule has 180 valence electrons. The molecule has 0 radical (unpaired) electrons. The third kappa shape index (κ3) is 4.86. The van der Waals surface area contributed by atoms with Crippen molar-refractivity contribution in [3.8, 4) is 5.75 Å². The Bertz CT molecular complexity index is 1260. The van der Waals surface area contributed by atoms with E-state index in [-0.39, 0.29) is 48.6 Å². The first-order chi connectivity index (χ1) is 16.2. The first kappa shape index (κ1) is 24.4. The topological polar surface area (TPSA) is 124 Å². The molecule has 2 aliphatic rings. The maximum absolute atomic E-state index is 13.6. The first-order valence-corrected chi connectivity index (χ1v) is 12.7. The molecule has 2 N–H and O–H groups in total. The lowest BCUT2D eigenvalue weighted by molar-refractivity contribution is -0.114. The Morgan fingerprint density at radius 1 is 1.12 bits per heavy atom. The van der Waals surface area contributed by atoms with E-state index in [9.17, 15) is 18.3 Å². The van der Waals surface area contributed by atoms with Gasteiger partial charge in [0.25, 0.3) is 16.0 Å². The summed E-state index contributed by atoms with van der Waals surface area (Å²) in [5, 5.41) is 10.2. The molecule has 1 fully saturated rings. The summed E-state index contributed by atoms with van der Waals surface area (Å²) < 4.78 is 37.3. The molecule has 1 aromatic heterocycles. The smallest absolute Gasteiger partial charge is 0.288 e. The van der Waals surface area contributed by atoms with Gasteiger partial charge in [0.05, 0.1) is 18.0 Å². The number of benzene rings is 1. The summed E-state index contributed by atoms with van der Waals surface area (Å²) in [5.41, 5.74) is 0.715. The van der Waals surface area contributed by atoms with Gasteiger partial charge >= 0.3 is 0 Å². The van der Waals surface area contributed by atoms with E-state index in [0.717, 1.165) is 0 Å². The molecule has 10 nitrogen and oxygen atoms in total. The number of anilines is 2. The second-order valence-corrected chi connectivity index (χ2v) is 9.87. The van der Waals surface area contributed by atoms with Crippen molar-refractivity contribution in [2.45, 2.75) is 12.8 Å². The summed E-state index contributed by atoms with van der Waals surface area (Å²) in [6.45, 7) is 0.0511. The zero-order chi connectivity index (χ0) is 24.5. The molecule has 2 aromatic rings. The number of halogens is 1. The highest BCUT2D eigenvalue weighted by molar-refractivity contribution is 7.85. The number of aromatic nitrogens is 1. The van der Waals surface area contributed by atoms with Crippen LogP contribution in [0.1, 0.15) is 12.8 Å². The normalized spacial score (nSPS) is 18.0. The van der Waals surface area contributed by atoms with Gasteiger partial charge in [-0.25, -0.2) is 9.88 Å². The average molecular weight is 525 g/mol. The molecule has 34 heavy (non-hydrogen) atoms. The van der Waals surface area contributed by atoms with Crippen LogP contribution in [0.2, 0.25) is 5.02 Å². The van der Waals surface area contributed by atoms with Crippen molar-refractivity contribution in [1.29, 1.82) is 0 Å². The number of aliphatic hydroxyl groups excluding tert-OH is 1. The summed E-state index contributed by atoms with van der Waals surface area (Å²) in [5.74, 6) is 0.107. The van der Waals surface area contributed by atoms with Gasteiger partial charge in [-0.3, -0.25) is 9.35 Å². The number of carbonyl (C=O) groups excluding carboxylic acids is 1. The fourth-order valence-electron chi connectivity index (χ4n) is 3.74. The van der Waals surface area contributed by atoms with E-state index in [1.165, 1.54) is 16.0 Å². The zero-order valence-corrected chi connectivity index (χ0v) is 20.2. The van der Waals surface area contributed by atoms with E-state index in [2.05, 4.69) is 4.98 Å². The zero-order valence-electron chi connectivity index (χ0n) is 17.8. The predicted octanol–water partition coefficient (Wildman–Crippen LogP) is 2.40. The molecule has 2 aliphatic heterocycles. The Morgan fingerprint density at radius 2 is 1.91 bits per heavy atom. The summed E-state index contributed by atoms with van der Waals surface area (Å²) in [4.78, 5) is 22.3.